The predicted octanol–water partition coefficient (Wildman–Crippen LogP) is 1.85. The van der Waals surface area contributed by atoms with Gasteiger partial charge in [0.05, 0.1) is 17.6 Å². The summed E-state index contributed by atoms with van der Waals surface area (Å²) in [5, 5.41) is 9.77. The van der Waals surface area contributed by atoms with Crippen molar-refractivity contribution in [2.45, 2.75) is 19.9 Å². The molecule has 4 rings (SSSR count). The molecule has 1 unspecified atom stereocenters. The standard InChI is InChI=1S/C18H22N6O/c1-12-8-16(23-22-12)18(25)19-9-13-6-7-24(10-13)11-17-20-14-4-2-3-5-15(14)21-17/h2-5,8,13H,6-7,9-11H2,1H3,(H,19,25)(H,20,21)(H,22,23). The number of amides is 1. The molecule has 1 aliphatic rings. The average Bonchev–Trinajstić information content (AvgIpc) is 3.32. The van der Waals surface area contributed by atoms with Gasteiger partial charge in [-0.2, -0.15) is 5.10 Å². The molecule has 2 aromatic heterocycles. The second-order valence-corrected chi connectivity index (χ2v) is 6.74. The van der Waals surface area contributed by atoms with Gasteiger partial charge in [-0.25, -0.2) is 4.98 Å². The molecule has 0 saturated carbocycles. The van der Waals surface area contributed by atoms with Crippen molar-refractivity contribution in [3.63, 3.8) is 0 Å². The van der Waals surface area contributed by atoms with Gasteiger partial charge in [0.25, 0.3) is 5.91 Å². The smallest absolute Gasteiger partial charge is 0.271 e. The van der Waals surface area contributed by atoms with E-state index in [4.69, 9.17) is 0 Å². The molecule has 7 nitrogen and oxygen atoms in total. The van der Waals surface area contributed by atoms with Gasteiger partial charge in [0.1, 0.15) is 11.5 Å². The van der Waals surface area contributed by atoms with Crippen LogP contribution in [0.5, 0.6) is 0 Å². The maximum Gasteiger partial charge on any atom is 0.271 e. The Morgan fingerprint density at radius 3 is 3.08 bits per heavy atom. The van der Waals surface area contributed by atoms with Crippen molar-refractivity contribution < 1.29 is 4.79 Å². The van der Waals surface area contributed by atoms with Crippen LogP contribution >= 0.6 is 0 Å². The first kappa shape index (κ1) is 15.8. The molecule has 1 aromatic carbocycles. The fraction of sp³-hybridized carbons (Fsp3) is 0.389. The number of fused-ring (bicyclic) bond motifs is 1. The van der Waals surface area contributed by atoms with Gasteiger partial charge in [-0.15, -0.1) is 0 Å². The molecule has 1 fully saturated rings. The van der Waals surface area contributed by atoms with Crippen molar-refractivity contribution in [3.05, 3.63) is 47.5 Å². The van der Waals surface area contributed by atoms with Crippen molar-refractivity contribution in [3.8, 4) is 0 Å². The lowest BCUT2D eigenvalue weighted by Gasteiger charge is -2.14. The van der Waals surface area contributed by atoms with Crippen molar-refractivity contribution in [1.29, 1.82) is 0 Å². The zero-order valence-electron chi connectivity index (χ0n) is 14.2. The number of nitrogens with one attached hydrogen (secondary N) is 3. The molecule has 1 aliphatic heterocycles. The molecule has 1 amide bonds. The van der Waals surface area contributed by atoms with E-state index in [-0.39, 0.29) is 5.91 Å². The third-order valence-electron chi connectivity index (χ3n) is 4.67. The lowest BCUT2D eigenvalue weighted by atomic mass is 10.1. The summed E-state index contributed by atoms with van der Waals surface area (Å²) in [6, 6.07) is 9.85. The highest BCUT2D eigenvalue weighted by molar-refractivity contribution is 5.92. The van der Waals surface area contributed by atoms with E-state index in [1.165, 1.54) is 0 Å². The van der Waals surface area contributed by atoms with Gasteiger partial charge in [0.15, 0.2) is 0 Å². The summed E-state index contributed by atoms with van der Waals surface area (Å²) in [5.41, 5.74) is 3.43. The van der Waals surface area contributed by atoms with Gasteiger partial charge >= 0.3 is 0 Å². The predicted molar refractivity (Wildman–Crippen MR) is 95.1 cm³/mol. The third-order valence-corrected chi connectivity index (χ3v) is 4.67. The fourth-order valence-electron chi connectivity index (χ4n) is 3.38. The number of para-hydroxylation sites is 2. The molecule has 0 spiro atoms. The highest BCUT2D eigenvalue weighted by Gasteiger charge is 2.24. The number of nitrogens with zero attached hydrogens (tertiary/aromatic N) is 3. The zero-order chi connectivity index (χ0) is 17.2. The van der Waals surface area contributed by atoms with Gasteiger partial charge in [0.2, 0.25) is 0 Å². The zero-order valence-corrected chi connectivity index (χ0v) is 14.2. The van der Waals surface area contributed by atoms with Crippen molar-refractivity contribution >= 4 is 16.9 Å². The van der Waals surface area contributed by atoms with Crippen LogP contribution in [-0.4, -0.2) is 50.6 Å². The molecule has 0 radical (unpaired) electrons. The van der Waals surface area contributed by atoms with E-state index >= 15 is 0 Å². The van der Waals surface area contributed by atoms with E-state index in [1.807, 2.05) is 31.2 Å². The Bertz CT molecular complexity index is 849. The molecule has 3 N–H and O–H groups in total. The largest absolute Gasteiger partial charge is 0.350 e. The second-order valence-electron chi connectivity index (χ2n) is 6.74. The lowest BCUT2D eigenvalue weighted by Crippen LogP contribution is -2.31. The number of aromatic amines is 2. The van der Waals surface area contributed by atoms with Gasteiger partial charge in [-0.3, -0.25) is 14.8 Å². The Morgan fingerprint density at radius 2 is 2.28 bits per heavy atom. The molecule has 1 saturated heterocycles. The third kappa shape index (κ3) is 3.56. The first-order valence-corrected chi connectivity index (χ1v) is 8.63. The Morgan fingerprint density at radius 1 is 1.40 bits per heavy atom. The van der Waals surface area contributed by atoms with E-state index in [1.54, 1.807) is 6.07 Å². The second kappa shape index (κ2) is 6.68. The highest BCUT2D eigenvalue weighted by atomic mass is 16.1. The maximum absolute atomic E-state index is 12.1. The van der Waals surface area contributed by atoms with Crippen LogP contribution in [0.15, 0.2) is 30.3 Å². The molecule has 3 aromatic rings. The maximum atomic E-state index is 12.1. The quantitative estimate of drug-likeness (QED) is 0.662. The first-order valence-electron chi connectivity index (χ1n) is 8.63. The van der Waals surface area contributed by atoms with E-state index in [0.717, 1.165) is 48.6 Å². The molecular formula is C18H22N6O. The summed E-state index contributed by atoms with van der Waals surface area (Å²) in [5.74, 6) is 1.35. The molecule has 1 atom stereocenters. The van der Waals surface area contributed by atoms with Crippen LogP contribution in [0.25, 0.3) is 11.0 Å². The highest BCUT2D eigenvalue weighted by Crippen LogP contribution is 2.19. The minimum absolute atomic E-state index is 0.111. The topological polar surface area (TPSA) is 89.7 Å². The Balaban J connectivity index is 1.28. The fourth-order valence-corrected chi connectivity index (χ4v) is 3.38. The minimum Gasteiger partial charge on any atom is -0.350 e. The number of likely N-dealkylation sites (tertiary alicyclic amines) is 1. The Kier molecular flexibility index (Phi) is 4.23. The van der Waals surface area contributed by atoms with Crippen LogP contribution in [0.1, 0.15) is 28.4 Å². The number of carbonyl (C=O) groups is 1. The molecule has 25 heavy (non-hydrogen) atoms. The normalized spacial score (nSPS) is 18.0. The minimum atomic E-state index is -0.111. The molecule has 130 valence electrons. The van der Waals surface area contributed by atoms with Gasteiger partial charge in [-0.05, 0) is 44.0 Å². The van der Waals surface area contributed by atoms with E-state index in [9.17, 15) is 4.79 Å². The number of H-pyrrole nitrogens is 2. The summed E-state index contributed by atoms with van der Waals surface area (Å²) in [6.45, 7) is 5.38. The van der Waals surface area contributed by atoms with Crippen molar-refractivity contribution in [2.24, 2.45) is 5.92 Å². The Hall–Kier alpha value is -2.67. The van der Waals surface area contributed by atoms with Crippen LogP contribution in [-0.2, 0) is 6.54 Å². The number of hydrogen-bond acceptors (Lipinski definition) is 4. The lowest BCUT2D eigenvalue weighted by molar-refractivity contribution is 0.0942. The number of rotatable bonds is 5. The van der Waals surface area contributed by atoms with Gasteiger partial charge in [0, 0.05) is 18.8 Å². The Labute approximate surface area is 145 Å². The van der Waals surface area contributed by atoms with Gasteiger partial charge < -0.3 is 10.3 Å². The summed E-state index contributed by atoms with van der Waals surface area (Å²) >= 11 is 0. The molecule has 7 heteroatoms. The van der Waals surface area contributed by atoms with Crippen molar-refractivity contribution in [1.82, 2.24) is 30.4 Å². The summed E-state index contributed by atoms with van der Waals surface area (Å²) < 4.78 is 0. The number of imidazole rings is 1. The molecular weight excluding hydrogens is 316 g/mol. The molecule has 3 heterocycles. The van der Waals surface area contributed by atoms with Crippen molar-refractivity contribution in [2.75, 3.05) is 19.6 Å². The summed E-state index contributed by atoms with van der Waals surface area (Å²) in [4.78, 5) is 22.5. The SMILES string of the molecule is Cc1cc(C(=O)NCC2CCN(Cc3nc4ccccc4[nH]3)C2)n[nH]1. The molecule has 0 bridgehead atoms. The van der Waals surface area contributed by atoms with Crippen LogP contribution < -0.4 is 5.32 Å². The van der Waals surface area contributed by atoms with Crippen LogP contribution in [0.3, 0.4) is 0 Å². The van der Waals surface area contributed by atoms with Crippen LogP contribution in [0, 0.1) is 12.8 Å². The molecule has 0 aliphatic carbocycles. The number of carbonyl (C=O) groups excluding carboxylic acids is 1. The van der Waals surface area contributed by atoms with Crippen LogP contribution in [0.4, 0.5) is 0 Å². The summed E-state index contributed by atoms with van der Waals surface area (Å²) in [7, 11) is 0. The number of aryl methyl sites for hydroxylation is 1. The average molecular weight is 338 g/mol. The number of hydrogen-bond donors (Lipinski definition) is 3. The van der Waals surface area contributed by atoms with E-state index in [0.29, 0.717) is 18.2 Å². The first-order chi connectivity index (χ1) is 12.2. The van der Waals surface area contributed by atoms with E-state index < -0.39 is 0 Å². The monoisotopic (exact) mass is 338 g/mol. The number of benzene rings is 1. The van der Waals surface area contributed by atoms with Crippen LogP contribution in [0.2, 0.25) is 0 Å². The van der Waals surface area contributed by atoms with Gasteiger partial charge in [-0.1, -0.05) is 12.1 Å². The summed E-state index contributed by atoms with van der Waals surface area (Å²) in [6.07, 6.45) is 1.08. The van der Waals surface area contributed by atoms with E-state index in [2.05, 4.69) is 30.4 Å². The number of aromatic nitrogens is 4.